The van der Waals surface area contributed by atoms with Crippen LogP contribution >= 0.6 is 0 Å². The number of nitrogens with zero attached hydrogens (tertiary/aromatic N) is 2. The lowest BCUT2D eigenvalue weighted by Crippen LogP contribution is -2.29. The number of carbonyl (C=O) groups is 2. The van der Waals surface area contributed by atoms with Gasteiger partial charge in [0.2, 0.25) is 0 Å². The summed E-state index contributed by atoms with van der Waals surface area (Å²) >= 11 is 0. The van der Waals surface area contributed by atoms with Gasteiger partial charge in [-0.15, -0.1) is 0 Å². The number of aromatic nitrogens is 1. The molecule has 0 spiro atoms. The van der Waals surface area contributed by atoms with E-state index in [1.54, 1.807) is 42.7 Å². The van der Waals surface area contributed by atoms with Crippen LogP contribution in [-0.2, 0) is 16.1 Å². The number of pyridine rings is 1. The number of ketones is 1. The van der Waals surface area contributed by atoms with Crippen LogP contribution in [0.3, 0.4) is 0 Å². The number of amides is 1. The third-order valence-corrected chi connectivity index (χ3v) is 5.47. The number of benzene rings is 2. The zero-order chi connectivity index (χ0) is 23.5. The molecule has 4 rings (SSSR count). The van der Waals surface area contributed by atoms with E-state index in [1.165, 1.54) is 43.4 Å². The number of aliphatic hydroxyl groups is 1. The molecule has 1 saturated heterocycles. The molecule has 1 atom stereocenters. The van der Waals surface area contributed by atoms with Crippen LogP contribution < -0.4 is 9.47 Å². The molecule has 0 bridgehead atoms. The number of methoxy groups -OCH3 is 2. The first-order valence-electron chi connectivity index (χ1n) is 10.1. The summed E-state index contributed by atoms with van der Waals surface area (Å²) in [4.78, 5) is 31.6. The monoisotopic (exact) mass is 448 g/mol. The van der Waals surface area contributed by atoms with Gasteiger partial charge in [0.05, 0.1) is 31.4 Å². The summed E-state index contributed by atoms with van der Waals surface area (Å²) in [6.07, 6.45) is 3.19. The SMILES string of the molecule is COc1ccc(C(O)=C2C(=O)C(=O)N(Cc3cccnc3)[C@H]2c2ccc(F)cc2)c(OC)c1. The number of hydrogen-bond acceptors (Lipinski definition) is 6. The third-order valence-electron chi connectivity index (χ3n) is 5.47. The highest BCUT2D eigenvalue weighted by molar-refractivity contribution is 6.46. The molecule has 1 N–H and O–H groups in total. The average molecular weight is 448 g/mol. The maximum Gasteiger partial charge on any atom is 0.295 e. The predicted octanol–water partition coefficient (Wildman–Crippen LogP) is 3.86. The molecule has 2 heterocycles. The van der Waals surface area contributed by atoms with Gasteiger partial charge in [-0.1, -0.05) is 18.2 Å². The maximum atomic E-state index is 13.6. The Morgan fingerprint density at radius 2 is 1.85 bits per heavy atom. The molecule has 1 aliphatic heterocycles. The Balaban J connectivity index is 1.89. The van der Waals surface area contributed by atoms with Crippen molar-refractivity contribution in [2.75, 3.05) is 14.2 Å². The Kier molecular flexibility index (Phi) is 6.08. The second-order valence-corrected chi connectivity index (χ2v) is 7.41. The van der Waals surface area contributed by atoms with Crippen LogP contribution in [0.25, 0.3) is 5.76 Å². The molecule has 33 heavy (non-hydrogen) atoms. The van der Waals surface area contributed by atoms with Gasteiger partial charge in [-0.05, 0) is 41.5 Å². The van der Waals surface area contributed by atoms with Crippen molar-refractivity contribution in [2.24, 2.45) is 0 Å². The van der Waals surface area contributed by atoms with Gasteiger partial charge in [0.1, 0.15) is 23.1 Å². The minimum atomic E-state index is -0.933. The summed E-state index contributed by atoms with van der Waals surface area (Å²) in [5, 5.41) is 11.2. The quantitative estimate of drug-likeness (QED) is 0.350. The fourth-order valence-electron chi connectivity index (χ4n) is 3.86. The molecule has 0 unspecified atom stereocenters. The number of likely N-dealkylation sites (tertiary alicyclic amines) is 1. The van der Waals surface area contributed by atoms with Gasteiger partial charge in [0.25, 0.3) is 11.7 Å². The lowest BCUT2D eigenvalue weighted by atomic mass is 9.95. The molecule has 2 aromatic carbocycles. The van der Waals surface area contributed by atoms with Crippen LogP contribution in [0.15, 0.2) is 72.6 Å². The number of Topliss-reactive ketones (excluding diaryl/α,β-unsaturated/α-hetero) is 1. The molecule has 0 saturated carbocycles. The normalized spacial score (nSPS) is 17.3. The van der Waals surface area contributed by atoms with Crippen LogP contribution in [0, 0.1) is 5.82 Å². The minimum Gasteiger partial charge on any atom is -0.507 e. The fourth-order valence-corrected chi connectivity index (χ4v) is 3.86. The van der Waals surface area contributed by atoms with E-state index >= 15 is 0 Å². The van der Waals surface area contributed by atoms with Crippen LogP contribution in [0.2, 0.25) is 0 Å². The fraction of sp³-hybridized carbons (Fsp3) is 0.160. The Morgan fingerprint density at radius 3 is 2.48 bits per heavy atom. The molecule has 0 radical (unpaired) electrons. The van der Waals surface area contributed by atoms with Crippen molar-refractivity contribution in [1.82, 2.24) is 9.88 Å². The first kappa shape index (κ1) is 22.0. The van der Waals surface area contributed by atoms with Gasteiger partial charge < -0.3 is 19.5 Å². The van der Waals surface area contributed by atoms with E-state index < -0.39 is 29.3 Å². The molecule has 3 aromatic rings. The van der Waals surface area contributed by atoms with Gasteiger partial charge in [-0.2, -0.15) is 0 Å². The van der Waals surface area contributed by atoms with Gasteiger partial charge in [0, 0.05) is 25.0 Å². The molecule has 168 valence electrons. The summed E-state index contributed by atoms with van der Waals surface area (Å²) < 4.78 is 24.2. The summed E-state index contributed by atoms with van der Waals surface area (Å²) in [7, 11) is 2.91. The smallest absolute Gasteiger partial charge is 0.295 e. The van der Waals surface area contributed by atoms with E-state index in [2.05, 4.69) is 4.98 Å². The lowest BCUT2D eigenvalue weighted by Gasteiger charge is -2.25. The molecule has 1 fully saturated rings. The summed E-state index contributed by atoms with van der Waals surface area (Å²) in [6.45, 7) is 0.0803. The molecule has 1 amide bonds. The van der Waals surface area contributed by atoms with Gasteiger partial charge >= 0.3 is 0 Å². The number of ether oxygens (including phenoxy) is 2. The highest BCUT2D eigenvalue weighted by Gasteiger charge is 2.46. The number of hydrogen-bond donors (Lipinski definition) is 1. The molecule has 0 aliphatic carbocycles. The van der Waals surface area contributed by atoms with Crippen molar-refractivity contribution < 1.29 is 28.6 Å². The van der Waals surface area contributed by atoms with Crippen molar-refractivity contribution in [3.63, 3.8) is 0 Å². The van der Waals surface area contributed by atoms with Crippen LogP contribution in [0.5, 0.6) is 11.5 Å². The van der Waals surface area contributed by atoms with E-state index in [0.29, 0.717) is 16.9 Å². The summed E-state index contributed by atoms with van der Waals surface area (Å²) in [6, 6.07) is 12.7. The van der Waals surface area contributed by atoms with Crippen LogP contribution in [0.1, 0.15) is 22.7 Å². The van der Waals surface area contributed by atoms with Crippen molar-refractivity contribution in [3.8, 4) is 11.5 Å². The molecule has 1 aromatic heterocycles. The first-order valence-corrected chi connectivity index (χ1v) is 10.1. The number of aliphatic hydroxyl groups excluding tert-OH is 1. The highest BCUT2D eigenvalue weighted by Crippen LogP contribution is 2.42. The average Bonchev–Trinajstić information content (AvgIpc) is 3.09. The van der Waals surface area contributed by atoms with Crippen molar-refractivity contribution in [2.45, 2.75) is 12.6 Å². The van der Waals surface area contributed by atoms with Crippen molar-refractivity contribution in [1.29, 1.82) is 0 Å². The van der Waals surface area contributed by atoms with E-state index in [9.17, 15) is 19.1 Å². The topological polar surface area (TPSA) is 89.0 Å². The standard InChI is InChI=1S/C25H21FN2O5/c1-32-18-9-10-19(20(12-18)33-2)23(29)21-22(16-5-7-17(26)8-6-16)28(25(31)24(21)30)14-15-4-3-11-27-13-15/h3-13,22,29H,14H2,1-2H3/t22-/m0/s1. The molecular weight excluding hydrogens is 427 g/mol. The summed E-state index contributed by atoms with van der Waals surface area (Å²) in [5.41, 5.74) is 1.30. The lowest BCUT2D eigenvalue weighted by molar-refractivity contribution is -0.140. The van der Waals surface area contributed by atoms with E-state index in [4.69, 9.17) is 9.47 Å². The summed E-state index contributed by atoms with van der Waals surface area (Å²) in [5.74, 6) is -1.71. The van der Waals surface area contributed by atoms with Crippen LogP contribution in [-0.4, -0.2) is 40.9 Å². The molecule has 7 nitrogen and oxygen atoms in total. The number of carbonyl (C=O) groups excluding carboxylic acids is 2. The third kappa shape index (κ3) is 4.15. The molecule has 1 aliphatic rings. The first-order chi connectivity index (χ1) is 15.9. The van der Waals surface area contributed by atoms with Crippen LogP contribution in [0.4, 0.5) is 4.39 Å². The zero-order valence-electron chi connectivity index (χ0n) is 18.0. The van der Waals surface area contributed by atoms with Crippen molar-refractivity contribution in [3.05, 3.63) is 95.1 Å². The highest BCUT2D eigenvalue weighted by atomic mass is 19.1. The Labute approximate surface area is 189 Å². The second-order valence-electron chi connectivity index (χ2n) is 7.41. The van der Waals surface area contributed by atoms with Gasteiger partial charge in [-0.25, -0.2) is 4.39 Å². The maximum absolute atomic E-state index is 13.6. The van der Waals surface area contributed by atoms with Crippen molar-refractivity contribution >= 4 is 17.4 Å². The Bertz CT molecular complexity index is 1230. The van der Waals surface area contributed by atoms with E-state index in [0.717, 1.165) is 0 Å². The Hall–Kier alpha value is -4.20. The number of halogens is 1. The van der Waals surface area contributed by atoms with E-state index in [-0.39, 0.29) is 23.4 Å². The minimum absolute atomic E-state index is 0.0803. The Morgan fingerprint density at radius 1 is 1.09 bits per heavy atom. The predicted molar refractivity (Wildman–Crippen MR) is 118 cm³/mol. The zero-order valence-corrected chi connectivity index (χ0v) is 18.0. The molecular formula is C25H21FN2O5. The largest absolute Gasteiger partial charge is 0.507 e. The van der Waals surface area contributed by atoms with E-state index in [1.807, 2.05) is 0 Å². The number of rotatable bonds is 6. The van der Waals surface area contributed by atoms with Gasteiger partial charge in [-0.3, -0.25) is 14.6 Å². The second kappa shape index (κ2) is 9.12. The van der Waals surface area contributed by atoms with Gasteiger partial charge in [0.15, 0.2) is 0 Å². The molecule has 8 heteroatoms.